The maximum atomic E-state index is 12.0. The number of nitrogens with zero attached hydrogens (tertiary/aromatic N) is 1. The second kappa shape index (κ2) is 6.19. The lowest BCUT2D eigenvalue weighted by Crippen LogP contribution is -2.42. The zero-order valence-electron chi connectivity index (χ0n) is 11.0. The van der Waals surface area contributed by atoms with Gasteiger partial charge in [-0.1, -0.05) is 0 Å². The minimum absolute atomic E-state index is 0.0584. The lowest BCUT2D eigenvalue weighted by atomic mass is 10.1. The molecule has 1 rings (SSSR count). The summed E-state index contributed by atoms with van der Waals surface area (Å²) in [6.07, 6.45) is 0.969. The zero-order chi connectivity index (χ0) is 12.9. The molecule has 1 amide bonds. The van der Waals surface area contributed by atoms with Gasteiger partial charge in [-0.3, -0.25) is 9.29 Å². The molecule has 0 saturated carbocycles. The third-order valence-corrected chi connectivity index (χ3v) is 2.59. The molecule has 0 bridgehead atoms. The summed E-state index contributed by atoms with van der Waals surface area (Å²) in [4.78, 5) is 13.7. The van der Waals surface area contributed by atoms with Gasteiger partial charge in [0.25, 0.3) is 0 Å². The number of nitrogens with one attached hydrogen (secondary N) is 1. The Balaban J connectivity index is 2.23. The zero-order valence-corrected chi connectivity index (χ0v) is 11.0. The van der Waals surface area contributed by atoms with Gasteiger partial charge in [-0.2, -0.15) is 0 Å². The number of ether oxygens (including phenoxy) is 1. The van der Waals surface area contributed by atoms with Crippen molar-refractivity contribution in [2.45, 2.75) is 45.3 Å². The van der Waals surface area contributed by atoms with Crippen LogP contribution in [-0.4, -0.2) is 48.9 Å². The minimum Gasteiger partial charge on any atom is -0.445 e. The van der Waals surface area contributed by atoms with Crippen molar-refractivity contribution in [2.75, 3.05) is 26.3 Å². The van der Waals surface area contributed by atoms with Crippen molar-refractivity contribution < 1.29 is 13.9 Å². The normalized spacial score (nSPS) is 21.5. The summed E-state index contributed by atoms with van der Waals surface area (Å²) in [6, 6.07) is 0. The molecule has 0 spiro atoms. The lowest BCUT2D eigenvalue weighted by molar-refractivity contribution is 0.0939. The molecule has 1 saturated heterocycles. The third kappa shape index (κ3) is 5.86. The second-order valence-corrected chi connectivity index (χ2v) is 5.53. The monoisotopic (exact) mass is 246 g/mol. The summed E-state index contributed by atoms with van der Waals surface area (Å²) >= 11 is 0. The number of carbonyl (C=O) groups excluding carboxylic acids is 1. The molecular formula is C12H23FN2O2. The highest BCUT2D eigenvalue weighted by atomic mass is 19.1. The molecule has 1 N–H and O–H groups in total. The van der Waals surface area contributed by atoms with Crippen LogP contribution in [0, 0.1) is 0 Å². The molecule has 1 atom stereocenters. The van der Waals surface area contributed by atoms with Crippen LogP contribution in [0.1, 0.15) is 33.6 Å². The van der Waals surface area contributed by atoms with Gasteiger partial charge in [0, 0.05) is 25.2 Å². The lowest BCUT2D eigenvalue weighted by Gasteiger charge is -2.22. The van der Waals surface area contributed by atoms with E-state index in [4.69, 9.17) is 4.74 Å². The SMILES string of the molecule is CC(C)(C)NC(=O)O[C@H]1CCN(CCCF)C1. The number of hydrogen-bond donors (Lipinski definition) is 1. The quantitative estimate of drug-likeness (QED) is 0.824. The van der Waals surface area contributed by atoms with E-state index in [2.05, 4.69) is 10.2 Å². The van der Waals surface area contributed by atoms with Crippen LogP contribution in [0.25, 0.3) is 0 Å². The number of rotatable bonds is 4. The van der Waals surface area contributed by atoms with Crippen molar-refractivity contribution in [2.24, 2.45) is 0 Å². The van der Waals surface area contributed by atoms with Gasteiger partial charge in [0.15, 0.2) is 0 Å². The van der Waals surface area contributed by atoms with E-state index in [-0.39, 0.29) is 24.4 Å². The molecule has 100 valence electrons. The van der Waals surface area contributed by atoms with Gasteiger partial charge in [0.2, 0.25) is 0 Å². The van der Waals surface area contributed by atoms with Gasteiger partial charge in [-0.05, 0) is 33.6 Å². The number of hydrogen-bond acceptors (Lipinski definition) is 3. The first-order valence-electron chi connectivity index (χ1n) is 6.18. The van der Waals surface area contributed by atoms with Crippen LogP contribution in [0.3, 0.4) is 0 Å². The molecule has 0 unspecified atom stereocenters. The Morgan fingerprint density at radius 2 is 2.24 bits per heavy atom. The molecule has 0 aliphatic carbocycles. The Morgan fingerprint density at radius 3 is 2.82 bits per heavy atom. The minimum atomic E-state index is -0.366. The molecule has 0 radical (unpaired) electrons. The smallest absolute Gasteiger partial charge is 0.407 e. The van der Waals surface area contributed by atoms with Crippen molar-refractivity contribution in [1.82, 2.24) is 10.2 Å². The van der Waals surface area contributed by atoms with E-state index in [0.717, 1.165) is 26.1 Å². The fraction of sp³-hybridized carbons (Fsp3) is 0.917. The molecule has 1 aliphatic heterocycles. The maximum Gasteiger partial charge on any atom is 0.407 e. The van der Waals surface area contributed by atoms with Gasteiger partial charge >= 0.3 is 6.09 Å². The molecule has 1 fully saturated rings. The Kier molecular flexibility index (Phi) is 5.18. The number of likely N-dealkylation sites (tertiary alicyclic amines) is 1. The average molecular weight is 246 g/mol. The van der Waals surface area contributed by atoms with Gasteiger partial charge in [-0.15, -0.1) is 0 Å². The van der Waals surface area contributed by atoms with Crippen LogP contribution in [0.4, 0.5) is 9.18 Å². The Morgan fingerprint density at radius 1 is 1.53 bits per heavy atom. The van der Waals surface area contributed by atoms with Gasteiger partial charge in [0.05, 0.1) is 6.67 Å². The van der Waals surface area contributed by atoms with E-state index in [0.29, 0.717) is 6.42 Å². The molecule has 1 heterocycles. The Hall–Kier alpha value is -0.840. The number of alkyl halides is 1. The Labute approximate surface area is 102 Å². The first-order chi connectivity index (χ1) is 7.90. The highest BCUT2D eigenvalue weighted by Gasteiger charge is 2.26. The molecule has 4 nitrogen and oxygen atoms in total. The predicted octanol–water partition coefficient (Wildman–Crippen LogP) is 1.95. The van der Waals surface area contributed by atoms with Gasteiger partial charge in [-0.25, -0.2) is 4.79 Å². The summed E-state index contributed by atoms with van der Waals surface area (Å²) in [6.45, 7) is 7.80. The summed E-state index contributed by atoms with van der Waals surface area (Å²) in [5.74, 6) is 0. The standard InChI is InChI=1S/C12H23FN2O2/c1-12(2,3)14-11(16)17-10-5-8-15(9-10)7-4-6-13/h10H,4-9H2,1-3H3,(H,14,16)/t10-/m0/s1. The largest absolute Gasteiger partial charge is 0.445 e. The second-order valence-electron chi connectivity index (χ2n) is 5.53. The van der Waals surface area contributed by atoms with Gasteiger partial charge < -0.3 is 10.1 Å². The van der Waals surface area contributed by atoms with Crippen LogP contribution >= 0.6 is 0 Å². The summed E-state index contributed by atoms with van der Waals surface area (Å²) in [5, 5.41) is 2.76. The van der Waals surface area contributed by atoms with Crippen LogP contribution in [0.15, 0.2) is 0 Å². The van der Waals surface area contributed by atoms with Crippen LogP contribution < -0.4 is 5.32 Å². The van der Waals surface area contributed by atoms with Crippen LogP contribution in [0.2, 0.25) is 0 Å². The topological polar surface area (TPSA) is 41.6 Å². The fourth-order valence-corrected chi connectivity index (χ4v) is 1.87. The van der Waals surface area contributed by atoms with Gasteiger partial charge in [0.1, 0.15) is 6.10 Å². The van der Waals surface area contributed by atoms with Crippen molar-refractivity contribution >= 4 is 6.09 Å². The molecule has 1 aliphatic rings. The molecular weight excluding hydrogens is 223 g/mol. The number of halogens is 1. The van der Waals surface area contributed by atoms with Crippen molar-refractivity contribution in [3.05, 3.63) is 0 Å². The van der Waals surface area contributed by atoms with Crippen molar-refractivity contribution in [3.8, 4) is 0 Å². The Bertz CT molecular complexity index is 253. The molecule has 5 heteroatoms. The van der Waals surface area contributed by atoms with E-state index in [1.54, 1.807) is 0 Å². The number of carbonyl (C=O) groups is 1. The van der Waals surface area contributed by atoms with Crippen LogP contribution in [-0.2, 0) is 4.74 Å². The summed E-state index contributed by atoms with van der Waals surface area (Å²) in [5.41, 5.74) is -0.274. The summed E-state index contributed by atoms with van der Waals surface area (Å²) < 4.78 is 17.3. The highest BCUT2D eigenvalue weighted by molar-refractivity contribution is 5.68. The van der Waals surface area contributed by atoms with Crippen molar-refractivity contribution in [3.63, 3.8) is 0 Å². The molecule has 0 aromatic heterocycles. The fourth-order valence-electron chi connectivity index (χ4n) is 1.87. The average Bonchev–Trinajstić information content (AvgIpc) is 2.59. The van der Waals surface area contributed by atoms with E-state index in [1.807, 2.05) is 20.8 Å². The highest BCUT2D eigenvalue weighted by Crippen LogP contribution is 2.13. The van der Waals surface area contributed by atoms with Crippen molar-refractivity contribution in [1.29, 1.82) is 0 Å². The molecule has 0 aromatic carbocycles. The summed E-state index contributed by atoms with van der Waals surface area (Å²) in [7, 11) is 0. The predicted molar refractivity (Wildman–Crippen MR) is 64.8 cm³/mol. The first kappa shape index (κ1) is 14.2. The van der Waals surface area contributed by atoms with E-state index in [1.165, 1.54) is 0 Å². The van der Waals surface area contributed by atoms with E-state index >= 15 is 0 Å². The van der Waals surface area contributed by atoms with Crippen LogP contribution in [0.5, 0.6) is 0 Å². The maximum absolute atomic E-state index is 12.0. The van der Waals surface area contributed by atoms with E-state index < -0.39 is 0 Å². The number of amides is 1. The van der Waals surface area contributed by atoms with E-state index in [9.17, 15) is 9.18 Å². The first-order valence-corrected chi connectivity index (χ1v) is 6.18. The molecule has 0 aromatic rings. The number of alkyl carbamates (subject to hydrolysis) is 1. The molecule has 17 heavy (non-hydrogen) atoms. The third-order valence-electron chi connectivity index (χ3n) is 2.59.